The van der Waals surface area contributed by atoms with Crippen LogP contribution in [0.2, 0.25) is 0 Å². The van der Waals surface area contributed by atoms with E-state index in [-0.39, 0.29) is 18.1 Å². The second-order valence-corrected chi connectivity index (χ2v) is 12.1. The molecule has 0 radical (unpaired) electrons. The summed E-state index contributed by atoms with van der Waals surface area (Å²) < 4.78 is 53.3. The number of ether oxygens (including phenoxy) is 2. The van der Waals surface area contributed by atoms with E-state index >= 15 is 0 Å². The lowest BCUT2D eigenvalue weighted by Crippen LogP contribution is -2.08. The highest BCUT2D eigenvalue weighted by Crippen LogP contribution is 2.38. The number of nitrogen functional groups attached to an aromatic ring is 1. The van der Waals surface area contributed by atoms with Gasteiger partial charge in [0, 0.05) is 17.1 Å². The molecule has 1 fully saturated rings. The zero-order chi connectivity index (χ0) is 35.4. The maximum Gasteiger partial charge on any atom is 0.419 e. The number of hydrogen-bond acceptors (Lipinski definition) is 8. The maximum absolute atomic E-state index is 13.3. The van der Waals surface area contributed by atoms with E-state index < -0.39 is 11.7 Å². The van der Waals surface area contributed by atoms with Crippen molar-refractivity contribution in [3.8, 4) is 34.3 Å². The Bertz CT molecular complexity index is 2280. The van der Waals surface area contributed by atoms with Crippen LogP contribution in [0, 0.1) is 0 Å². The molecular weight excluding hydrogens is 657 g/mol. The molecule has 1 saturated carbocycles. The molecule has 3 N–H and O–H groups in total. The van der Waals surface area contributed by atoms with Crippen LogP contribution in [0.1, 0.15) is 42.9 Å². The van der Waals surface area contributed by atoms with Crippen LogP contribution in [0.5, 0.6) is 23.0 Å². The minimum Gasteiger partial charge on any atom is -0.506 e. The molecular formula is C39H33F3N6O3. The van der Waals surface area contributed by atoms with E-state index in [1.807, 2.05) is 47.1 Å². The second kappa shape index (κ2) is 14.4. The van der Waals surface area contributed by atoms with E-state index in [0.717, 1.165) is 46.6 Å². The van der Waals surface area contributed by atoms with Gasteiger partial charge >= 0.3 is 6.18 Å². The van der Waals surface area contributed by atoms with Crippen LogP contribution in [-0.4, -0.2) is 29.8 Å². The number of anilines is 1. The van der Waals surface area contributed by atoms with Crippen molar-refractivity contribution >= 4 is 27.8 Å². The minimum absolute atomic E-state index is 0.0382. The van der Waals surface area contributed by atoms with Crippen molar-refractivity contribution in [3.63, 3.8) is 0 Å². The summed E-state index contributed by atoms with van der Waals surface area (Å²) in [5, 5.41) is 15.9. The van der Waals surface area contributed by atoms with E-state index in [0.29, 0.717) is 34.4 Å². The number of fused-ring (bicyclic) bond motifs is 2. The number of alkyl halides is 3. The standard InChI is InChI=1S/C30H26F3N5O2.C9H7NO/c31-30(32,33)24-10-3-4-11-25(24)39-17-19-6-5-9-23(16-19)40-22-14-12-20(13-15-22)27-26-28(34)35-18-36-29(26)38(37-27)21-7-1-2-8-21;11-8-5-1-3-7-4-2-6-10-9(7)8/h3-6,9-16,18,21H,1-2,7-8,17H2,(H2,34,35,36);1-6,11H. The van der Waals surface area contributed by atoms with Crippen molar-refractivity contribution in [1.82, 2.24) is 24.7 Å². The Hall–Kier alpha value is -6.17. The molecule has 0 amide bonds. The molecule has 8 rings (SSSR count). The predicted molar refractivity (Wildman–Crippen MR) is 188 cm³/mol. The zero-order valence-corrected chi connectivity index (χ0v) is 27.3. The first-order chi connectivity index (χ1) is 24.7. The molecule has 0 saturated heterocycles. The quantitative estimate of drug-likeness (QED) is 0.170. The van der Waals surface area contributed by atoms with Gasteiger partial charge in [0.25, 0.3) is 0 Å². The Balaban J connectivity index is 0.000000313. The maximum atomic E-state index is 13.3. The number of rotatable bonds is 7. The molecule has 0 bridgehead atoms. The second-order valence-electron chi connectivity index (χ2n) is 12.1. The number of aromatic nitrogens is 5. The Kier molecular flexibility index (Phi) is 9.38. The highest BCUT2D eigenvalue weighted by atomic mass is 19.4. The molecule has 0 atom stereocenters. The third-order valence-electron chi connectivity index (χ3n) is 8.65. The van der Waals surface area contributed by atoms with E-state index in [9.17, 15) is 18.3 Å². The number of phenols is 1. The summed E-state index contributed by atoms with van der Waals surface area (Å²) in [4.78, 5) is 12.7. The van der Waals surface area contributed by atoms with Crippen molar-refractivity contribution in [2.24, 2.45) is 0 Å². The van der Waals surface area contributed by atoms with Crippen LogP contribution in [-0.2, 0) is 12.8 Å². The number of halogens is 3. The lowest BCUT2D eigenvalue weighted by Gasteiger charge is -2.14. The molecule has 258 valence electrons. The molecule has 12 heteroatoms. The Morgan fingerprint density at radius 1 is 0.824 bits per heavy atom. The van der Waals surface area contributed by atoms with Crippen LogP contribution in [0.25, 0.3) is 33.2 Å². The Labute approximate surface area is 291 Å². The Morgan fingerprint density at radius 2 is 1.59 bits per heavy atom. The summed E-state index contributed by atoms with van der Waals surface area (Å²) in [6.07, 6.45) is 3.11. The van der Waals surface area contributed by atoms with Crippen LogP contribution in [0.3, 0.4) is 0 Å². The molecule has 1 aliphatic carbocycles. The summed E-state index contributed by atoms with van der Waals surface area (Å²) in [6.45, 7) is -0.0382. The topological polar surface area (TPSA) is 121 Å². The van der Waals surface area contributed by atoms with Gasteiger partial charge in [-0.2, -0.15) is 18.3 Å². The lowest BCUT2D eigenvalue weighted by molar-refractivity contribution is -0.139. The molecule has 1 aliphatic rings. The number of nitrogens with zero attached hydrogens (tertiary/aromatic N) is 5. The zero-order valence-electron chi connectivity index (χ0n) is 27.3. The molecule has 51 heavy (non-hydrogen) atoms. The first kappa shape index (κ1) is 33.3. The summed E-state index contributed by atoms with van der Waals surface area (Å²) in [5.41, 5.74) is 9.10. The predicted octanol–water partition coefficient (Wildman–Crippen LogP) is 9.52. The minimum atomic E-state index is -4.49. The fourth-order valence-electron chi connectivity index (χ4n) is 6.19. The summed E-state index contributed by atoms with van der Waals surface area (Å²) in [5.74, 6) is 1.54. The lowest BCUT2D eigenvalue weighted by atomic mass is 10.1. The van der Waals surface area contributed by atoms with Gasteiger partial charge in [0.2, 0.25) is 0 Å². The largest absolute Gasteiger partial charge is 0.506 e. The third-order valence-corrected chi connectivity index (χ3v) is 8.65. The average molecular weight is 691 g/mol. The van der Waals surface area contributed by atoms with E-state index in [4.69, 9.17) is 20.3 Å². The van der Waals surface area contributed by atoms with Gasteiger partial charge in [0.05, 0.1) is 17.0 Å². The average Bonchev–Trinajstić information content (AvgIpc) is 3.81. The van der Waals surface area contributed by atoms with Gasteiger partial charge in [-0.15, -0.1) is 0 Å². The first-order valence-electron chi connectivity index (χ1n) is 16.4. The molecule has 4 aromatic carbocycles. The normalized spacial score (nSPS) is 13.2. The molecule has 3 heterocycles. The monoisotopic (exact) mass is 690 g/mol. The third kappa shape index (κ3) is 7.40. The number of aromatic hydroxyl groups is 1. The Morgan fingerprint density at radius 3 is 2.37 bits per heavy atom. The SMILES string of the molecule is Nc1ncnc2c1c(-c1ccc(Oc3cccc(COc4ccccc4C(F)(F)F)c3)cc1)nn2C1CCCC1.Oc1cccc2cccnc12. The van der Waals surface area contributed by atoms with Gasteiger partial charge in [0.1, 0.15) is 53.0 Å². The van der Waals surface area contributed by atoms with Crippen molar-refractivity contribution in [1.29, 1.82) is 0 Å². The number of hydrogen-bond donors (Lipinski definition) is 2. The molecule has 9 nitrogen and oxygen atoms in total. The van der Waals surface area contributed by atoms with Gasteiger partial charge in [-0.1, -0.05) is 55.3 Å². The van der Waals surface area contributed by atoms with Crippen LogP contribution < -0.4 is 15.2 Å². The van der Waals surface area contributed by atoms with Crippen LogP contribution in [0.4, 0.5) is 19.0 Å². The molecule has 3 aromatic heterocycles. The first-order valence-corrected chi connectivity index (χ1v) is 16.4. The summed E-state index contributed by atoms with van der Waals surface area (Å²) >= 11 is 0. The van der Waals surface area contributed by atoms with Crippen molar-refractivity contribution in [2.45, 2.75) is 44.5 Å². The summed E-state index contributed by atoms with van der Waals surface area (Å²) in [6, 6.07) is 29.1. The van der Waals surface area contributed by atoms with E-state index in [1.54, 1.807) is 42.6 Å². The molecule has 7 aromatic rings. The fourth-order valence-corrected chi connectivity index (χ4v) is 6.19. The van der Waals surface area contributed by atoms with Gasteiger partial charge in [-0.3, -0.25) is 4.98 Å². The highest BCUT2D eigenvalue weighted by molar-refractivity contribution is 5.98. The van der Waals surface area contributed by atoms with E-state index in [2.05, 4.69) is 15.0 Å². The number of para-hydroxylation sites is 2. The number of pyridine rings is 1. The van der Waals surface area contributed by atoms with Crippen molar-refractivity contribution < 1.29 is 27.8 Å². The highest BCUT2D eigenvalue weighted by Gasteiger charge is 2.34. The molecule has 0 aliphatic heterocycles. The smallest absolute Gasteiger partial charge is 0.419 e. The van der Waals surface area contributed by atoms with Gasteiger partial charge in [-0.05, 0) is 79.1 Å². The molecule has 0 spiro atoms. The number of phenolic OH excluding ortho intramolecular Hbond substituents is 1. The summed E-state index contributed by atoms with van der Waals surface area (Å²) in [7, 11) is 0. The fraction of sp³-hybridized carbons (Fsp3) is 0.179. The number of benzene rings is 4. The molecule has 0 unspecified atom stereocenters. The van der Waals surface area contributed by atoms with Gasteiger partial charge < -0.3 is 20.3 Å². The van der Waals surface area contributed by atoms with Gasteiger partial charge in [0.15, 0.2) is 5.65 Å². The number of nitrogens with two attached hydrogens (primary N) is 1. The van der Waals surface area contributed by atoms with Gasteiger partial charge in [-0.25, -0.2) is 14.6 Å². The van der Waals surface area contributed by atoms with Crippen molar-refractivity contribution in [3.05, 3.63) is 127 Å². The van der Waals surface area contributed by atoms with Crippen LogP contribution >= 0.6 is 0 Å². The van der Waals surface area contributed by atoms with Crippen LogP contribution in [0.15, 0.2) is 116 Å². The van der Waals surface area contributed by atoms with E-state index in [1.165, 1.54) is 37.4 Å². The van der Waals surface area contributed by atoms with Crippen molar-refractivity contribution in [2.75, 3.05) is 5.73 Å².